The van der Waals surface area contributed by atoms with Crippen LogP contribution in [0.3, 0.4) is 0 Å². The first-order chi connectivity index (χ1) is 4.97. The maximum Gasteiger partial charge on any atom is 0.0557 e. The van der Waals surface area contributed by atoms with Gasteiger partial charge in [0.1, 0.15) is 0 Å². The Hall–Kier alpha value is -0.820. The summed E-state index contributed by atoms with van der Waals surface area (Å²) in [6.45, 7) is 1.79. The van der Waals surface area contributed by atoms with E-state index in [2.05, 4.69) is 18.2 Å². The third kappa shape index (κ3) is 0.929. The van der Waals surface area contributed by atoms with Crippen molar-refractivity contribution in [2.24, 2.45) is 0 Å². The Balaban J connectivity index is 2.18. The van der Waals surface area contributed by atoms with Crippen LogP contribution in [0, 0.1) is 6.07 Å². The summed E-state index contributed by atoms with van der Waals surface area (Å²) in [5.41, 5.74) is 1.38. The molecule has 0 aromatic heterocycles. The molecular formula is C9H9O. The van der Waals surface area contributed by atoms with E-state index >= 15 is 0 Å². The Kier molecular flexibility index (Phi) is 1.44. The summed E-state index contributed by atoms with van der Waals surface area (Å²) in [6.07, 6.45) is 0. The van der Waals surface area contributed by atoms with E-state index < -0.39 is 0 Å². The van der Waals surface area contributed by atoms with Crippen LogP contribution in [-0.2, 0) is 4.74 Å². The molecule has 1 radical (unpaired) electrons. The van der Waals surface area contributed by atoms with E-state index in [9.17, 15) is 0 Å². The van der Waals surface area contributed by atoms with Gasteiger partial charge < -0.3 is 4.74 Å². The summed E-state index contributed by atoms with van der Waals surface area (Å²) in [5, 5.41) is 0. The number of rotatable bonds is 1. The van der Waals surface area contributed by atoms with Gasteiger partial charge in [-0.05, 0) is 11.6 Å². The Morgan fingerprint density at radius 3 is 2.50 bits per heavy atom. The van der Waals surface area contributed by atoms with Gasteiger partial charge in [0, 0.05) is 5.92 Å². The predicted molar refractivity (Wildman–Crippen MR) is 38.8 cm³/mol. The molecule has 1 nitrogen and oxygen atoms in total. The van der Waals surface area contributed by atoms with E-state index in [1.165, 1.54) is 5.56 Å². The topological polar surface area (TPSA) is 9.23 Å². The lowest BCUT2D eigenvalue weighted by Crippen LogP contribution is -2.24. The third-order valence-electron chi connectivity index (χ3n) is 1.85. The lowest BCUT2D eigenvalue weighted by atomic mass is 9.98. The number of hydrogen-bond donors (Lipinski definition) is 0. The average molecular weight is 133 g/mol. The summed E-state index contributed by atoms with van der Waals surface area (Å²) >= 11 is 0. The molecule has 1 aliphatic heterocycles. The molecule has 1 aliphatic rings. The standard InChI is InChI=1S/C9H9O/c1-2-4-8(5-3-1)9-6-10-7-9/h2-5,9H,6-7H2. The zero-order chi connectivity index (χ0) is 6.81. The van der Waals surface area contributed by atoms with Crippen LogP contribution in [-0.4, -0.2) is 13.2 Å². The van der Waals surface area contributed by atoms with Gasteiger partial charge in [-0.3, -0.25) is 0 Å². The molecule has 0 amide bonds. The lowest BCUT2D eigenvalue weighted by Gasteiger charge is -2.25. The molecule has 0 unspecified atom stereocenters. The quantitative estimate of drug-likeness (QED) is 0.565. The van der Waals surface area contributed by atoms with Crippen LogP contribution in [0.5, 0.6) is 0 Å². The van der Waals surface area contributed by atoms with Gasteiger partial charge in [0.25, 0.3) is 0 Å². The first kappa shape index (κ1) is 5.93. The predicted octanol–water partition coefficient (Wildman–Crippen LogP) is 1.60. The minimum absolute atomic E-state index is 0.648. The van der Waals surface area contributed by atoms with Gasteiger partial charge in [0.05, 0.1) is 13.2 Å². The van der Waals surface area contributed by atoms with Crippen molar-refractivity contribution in [2.45, 2.75) is 5.92 Å². The van der Waals surface area contributed by atoms with Crippen molar-refractivity contribution in [3.8, 4) is 0 Å². The molecular weight excluding hydrogens is 124 g/mol. The molecule has 0 saturated carbocycles. The van der Waals surface area contributed by atoms with Crippen LogP contribution >= 0.6 is 0 Å². The van der Waals surface area contributed by atoms with Gasteiger partial charge in [-0.15, -0.1) is 0 Å². The monoisotopic (exact) mass is 133 g/mol. The van der Waals surface area contributed by atoms with E-state index in [0.29, 0.717) is 5.92 Å². The molecule has 0 aliphatic carbocycles. The molecule has 1 aromatic rings. The first-order valence-electron chi connectivity index (χ1n) is 3.50. The van der Waals surface area contributed by atoms with Gasteiger partial charge in [-0.1, -0.05) is 24.3 Å². The average Bonchev–Trinajstić information content (AvgIpc) is 1.86. The van der Waals surface area contributed by atoms with Gasteiger partial charge in [-0.2, -0.15) is 0 Å². The fraction of sp³-hybridized carbons (Fsp3) is 0.333. The van der Waals surface area contributed by atoms with E-state index in [1.54, 1.807) is 0 Å². The van der Waals surface area contributed by atoms with E-state index in [-0.39, 0.29) is 0 Å². The third-order valence-corrected chi connectivity index (χ3v) is 1.85. The van der Waals surface area contributed by atoms with Crippen LogP contribution in [0.4, 0.5) is 0 Å². The van der Waals surface area contributed by atoms with Gasteiger partial charge >= 0.3 is 0 Å². The van der Waals surface area contributed by atoms with Gasteiger partial charge in [-0.25, -0.2) is 0 Å². The lowest BCUT2D eigenvalue weighted by molar-refractivity contribution is 0.00842. The summed E-state index contributed by atoms with van der Waals surface area (Å²) in [5.74, 6) is 0.648. The number of ether oxygens (including phenoxy) is 1. The van der Waals surface area contributed by atoms with Crippen molar-refractivity contribution in [3.63, 3.8) is 0 Å². The summed E-state index contributed by atoms with van der Waals surface area (Å²) in [4.78, 5) is 0. The second kappa shape index (κ2) is 2.43. The van der Waals surface area contributed by atoms with Crippen molar-refractivity contribution in [3.05, 3.63) is 35.9 Å². The van der Waals surface area contributed by atoms with Crippen molar-refractivity contribution >= 4 is 0 Å². The highest BCUT2D eigenvalue weighted by Gasteiger charge is 2.19. The molecule has 10 heavy (non-hydrogen) atoms. The van der Waals surface area contributed by atoms with Crippen LogP contribution < -0.4 is 0 Å². The highest BCUT2D eigenvalue weighted by Crippen LogP contribution is 2.22. The summed E-state index contributed by atoms with van der Waals surface area (Å²) < 4.78 is 5.08. The molecule has 0 atom stereocenters. The molecule has 1 fully saturated rings. The molecule has 0 spiro atoms. The molecule has 0 N–H and O–H groups in total. The Bertz CT molecular complexity index is 201. The van der Waals surface area contributed by atoms with Crippen LogP contribution in [0.2, 0.25) is 0 Å². The van der Waals surface area contributed by atoms with Gasteiger partial charge in [0.15, 0.2) is 0 Å². The maximum absolute atomic E-state index is 5.08. The highest BCUT2D eigenvalue weighted by molar-refractivity contribution is 5.20. The number of benzene rings is 1. The minimum atomic E-state index is 0.648. The molecule has 1 heteroatoms. The summed E-state index contributed by atoms with van der Waals surface area (Å²) in [7, 11) is 0. The maximum atomic E-state index is 5.08. The van der Waals surface area contributed by atoms with Crippen LogP contribution in [0.25, 0.3) is 0 Å². The SMILES string of the molecule is [c]1ccc(C2COC2)cc1. The van der Waals surface area contributed by atoms with Crippen molar-refractivity contribution in [1.82, 2.24) is 0 Å². The Morgan fingerprint density at radius 1 is 1.30 bits per heavy atom. The number of hydrogen-bond acceptors (Lipinski definition) is 1. The smallest absolute Gasteiger partial charge is 0.0557 e. The molecule has 2 rings (SSSR count). The van der Waals surface area contributed by atoms with Crippen LogP contribution in [0.15, 0.2) is 24.3 Å². The molecule has 1 heterocycles. The largest absolute Gasteiger partial charge is 0.380 e. The molecule has 1 saturated heterocycles. The zero-order valence-electron chi connectivity index (χ0n) is 5.71. The molecule has 1 aromatic carbocycles. The summed E-state index contributed by atoms with van der Waals surface area (Å²) in [6, 6.07) is 11.1. The van der Waals surface area contributed by atoms with E-state index in [1.807, 2.05) is 12.1 Å². The van der Waals surface area contributed by atoms with Crippen LogP contribution in [0.1, 0.15) is 11.5 Å². The normalized spacial score (nSPS) is 18.4. The highest BCUT2D eigenvalue weighted by atomic mass is 16.5. The Labute approximate surface area is 60.6 Å². The fourth-order valence-corrected chi connectivity index (χ4v) is 1.10. The van der Waals surface area contributed by atoms with Gasteiger partial charge in [0.2, 0.25) is 0 Å². The van der Waals surface area contributed by atoms with E-state index in [4.69, 9.17) is 4.74 Å². The molecule has 0 bridgehead atoms. The zero-order valence-corrected chi connectivity index (χ0v) is 5.71. The Morgan fingerprint density at radius 2 is 2.00 bits per heavy atom. The van der Waals surface area contributed by atoms with E-state index in [0.717, 1.165) is 13.2 Å². The van der Waals surface area contributed by atoms with Crippen molar-refractivity contribution < 1.29 is 4.74 Å². The van der Waals surface area contributed by atoms with Crippen molar-refractivity contribution in [1.29, 1.82) is 0 Å². The van der Waals surface area contributed by atoms with Crippen molar-refractivity contribution in [2.75, 3.05) is 13.2 Å². The molecule has 51 valence electrons. The first-order valence-corrected chi connectivity index (χ1v) is 3.50. The minimum Gasteiger partial charge on any atom is -0.380 e. The second-order valence-corrected chi connectivity index (χ2v) is 2.57. The second-order valence-electron chi connectivity index (χ2n) is 2.57. The fourth-order valence-electron chi connectivity index (χ4n) is 1.10.